The van der Waals surface area contributed by atoms with Crippen molar-refractivity contribution in [1.82, 2.24) is 9.97 Å². The predicted octanol–water partition coefficient (Wildman–Crippen LogP) is 12.9. The number of benzene rings is 6. The zero-order chi connectivity index (χ0) is 34.9. The molecule has 0 unspecified atom stereocenters. The maximum absolute atomic E-state index is 6.26. The average molecular weight is 685 g/mol. The molecule has 0 saturated heterocycles. The van der Waals surface area contributed by atoms with Crippen molar-refractivity contribution in [3.05, 3.63) is 170 Å². The number of fused-ring (bicyclic) bond motifs is 7. The first kappa shape index (κ1) is 29.4. The van der Waals surface area contributed by atoms with Crippen LogP contribution in [0.3, 0.4) is 0 Å². The fourth-order valence-corrected chi connectivity index (χ4v) is 7.48. The van der Waals surface area contributed by atoms with Crippen molar-refractivity contribution in [3.63, 3.8) is 0 Å². The van der Waals surface area contributed by atoms with E-state index in [1.54, 1.807) is 0 Å². The van der Waals surface area contributed by atoms with E-state index in [-0.39, 0.29) is 0 Å². The van der Waals surface area contributed by atoms with Crippen molar-refractivity contribution < 1.29 is 13.9 Å². The minimum Gasteiger partial charge on any atom is -0.453 e. The van der Waals surface area contributed by atoms with Crippen LogP contribution in [-0.2, 0) is 0 Å². The number of aromatic nitrogens is 2. The molecular weight excluding hydrogens is 657 g/mol. The molecule has 0 bridgehead atoms. The Morgan fingerprint density at radius 1 is 0.358 bits per heavy atom. The summed E-state index contributed by atoms with van der Waals surface area (Å²) in [6, 6.07) is 53.8. The van der Waals surface area contributed by atoms with Crippen LogP contribution in [0.5, 0.6) is 23.0 Å². The standard InChI is InChI=1S/C46H28N4O3/c1-5-19-41-37(15-1)49(38-16-2-6-20-42(38)51-41)33-13-9-11-29(23-33)31-25-35-36-26-32(28-48-46(36)53-45(35)47-27-31)30-12-10-14-34(24-30)50-39-17-3-7-21-43(39)52-44-22-8-4-18-40(44)50/h1-28H. The lowest BCUT2D eigenvalue weighted by Crippen LogP contribution is -2.15. The third-order valence-electron chi connectivity index (χ3n) is 9.93. The summed E-state index contributed by atoms with van der Waals surface area (Å²) in [6.45, 7) is 0. The van der Waals surface area contributed by atoms with E-state index in [0.717, 1.165) is 90.1 Å². The van der Waals surface area contributed by atoms with E-state index < -0.39 is 0 Å². The highest BCUT2D eigenvalue weighted by Gasteiger charge is 2.27. The van der Waals surface area contributed by atoms with Crippen LogP contribution >= 0.6 is 0 Å². The first-order valence-corrected chi connectivity index (χ1v) is 17.5. The highest BCUT2D eigenvalue weighted by Crippen LogP contribution is 2.52. The van der Waals surface area contributed by atoms with E-state index in [4.69, 9.17) is 23.9 Å². The number of hydrogen-bond donors (Lipinski definition) is 0. The Morgan fingerprint density at radius 3 is 1.13 bits per heavy atom. The minimum atomic E-state index is 0.552. The third kappa shape index (κ3) is 4.75. The number of hydrogen-bond acceptors (Lipinski definition) is 7. The lowest BCUT2D eigenvalue weighted by Gasteiger charge is -2.33. The van der Waals surface area contributed by atoms with Gasteiger partial charge in [-0.2, -0.15) is 0 Å². The van der Waals surface area contributed by atoms with Gasteiger partial charge < -0.3 is 23.7 Å². The molecule has 11 rings (SSSR count). The topological polar surface area (TPSA) is 63.9 Å². The molecule has 3 aromatic heterocycles. The van der Waals surface area contributed by atoms with Gasteiger partial charge in [0.1, 0.15) is 0 Å². The molecule has 9 aromatic rings. The van der Waals surface area contributed by atoms with Crippen LogP contribution in [0.25, 0.3) is 44.5 Å². The van der Waals surface area contributed by atoms with Crippen LogP contribution in [0.4, 0.5) is 34.1 Å². The molecular formula is C46H28N4O3. The zero-order valence-corrected chi connectivity index (χ0v) is 28.2. The van der Waals surface area contributed by atoms with Crippen molar-refractivity contribution in [1.29, 1.82) is 0 Å². The second kappa shape index (κ2) is 11.6. The van der Waals surface area contributed by atoms with Crippen LogP contribution in [0.2, 0.25) is 0 Å². The van der Waals surface area contributed by atoms with E-state index in [0.29, 0.717) is 11.4 Å². The van der Waals surface area contributed by atoms with Crippen molar-refractivity contribution in [2.75, 3.05) is 9.80 Å². The summed E-state index contributed by atoms with van der Waals surface area (Å²) in [6.07, 6.45) is 3.74. The van der Waals surface area contributed by atoms with E-state index in [1.165, 1.54) is 0 Å². The summed E-state index contributed by atoms with van der Waals surface area (Å²) < 4.78 is 18.7. The Kier molecular flexibility index (Phi) is 6.42. The molecule has 7 heteroatoms. The van der Waals surface area contributed by atoms with Gasteiger partial charge in [-0.25, -0.2) is 9.97 Å². The molecule has 0 aliphatic carbocycles. The maximum atomic E-state index is 6.26. The predicted molar refractivity (Wildman–Crippen MR) is 210 cm³/mol. The Hall–Kier alpha value is -7.38. The summed E-state index contributed by atoms with van der Waals surface area (Å²) in [4.78, 5) is 14.0. The van der Waals surface area contributed by atoms with Crippen molar-refractivity contribution >= 4 is 56.3 Å². The Labute approximate surface area is 304 Å². The lowest BCUT2D eigenvalue weighted by atomic mass is 10.0. The van der Waals surface area contributed by atoms with Crippen LogP contribution in [-0.4, -0.2) is 9.97 Å². The Bertz CT molecular complexity index is 2610. The van der Waals surface area contributed by atoms with Gasteiger partial charge in [0.2, 0.25) is 11.4 Å². The van der Waals surface area contributed by atoms with Crippen LogP contribution < -0.4 is 19.3 Å². The number of anilines is 6. The van der Waals surface area contributed by atoms with Crippen molar-refractivity contribution in [2.24, 2.45) is 0 Å². The van der Waals surface area contributed by atoms with Gasteiger partial charge >= 0.3 is 0 Å². The van der Waals surface area contributed by atoms with E-state index >= 15 is 0 Å². The number of pyridine rings is 2. The van der Waals surface area contributed by atoms with Crippen LogP contribution in [0.15, 0.2) is 175 Å². The van der Waals surface area contributed by atoms with Gasteiger partial charge in [-0.15, -0.1) is 0 Å². The molecule has 53 heavy (non-hydrogen) atoms. The summed E-state index contributed by atoms with van der Waals surface area (Å²) in [5, 5.41) is 1.82. The molecule has 0 atom stereocenters. The van der Waals surface area contributed by atoms with Crippen LogP contribution in [0, 0.1) is 0 Å². The maximum Gasteiger partial charge on any atom is 0.229 e. The number of para-hydroxylation sites is 8. The molecule has 0 saturated carbocycles. The van der Waals surface area contributed by atoms with Gasteiger partial charge in [-0.3, -0.25) is 0 Å². The Morgan fingerprint density at radius 2 is 0.736 bits per heavy atom. The largest absolute Gasteiger partial charge is 0.453 e. The van der Waals surface area contributed by atoms with Gasteiger partial charge in [0.05, 0.1) is 33.5 Å². The first-order valence-electron chi connectivity index (χ1n) is 17.5. The molecule has 7 nitrogen and oxygen atoms in total. The van der Waals surface area contributed by atoms with E-state index in [1.807, 2.05) is 85.2 Å². The van der Waals surface area contributed by atoms with Gasteiger partial charge in [-0.05, 0) is 96.1 Å². The average Bonchev–Trinajstić information content (AvgIpc) is 3.59. The Balaban J connectivity index is 0.987. The molecule has 0 radical (unpaired) electrons. The molecule has 0 spiro atoms. The van der Waals surface area contributed by atoms with E-state index in [2.05, 4.69) is 94.7 Å². The van der Waals surface area contributed by atoms with Crippen molar-refractivity contribution in [3.8, 4) is 45.3 Å². The number of rotatable bonds is 4. The fourth-order valence-electron chi connectivity index (χ4n) is 7.48. The van der Waals surface area contributed by atoms with Gasteiger partial charge in [0.15, 0.2) is 23.0 Å². The smallest absolute Gasteiger partial charge is 0.229 e. The zero-order valence-electron chi connectivity index (χ0n) is 28.2. The lowest BCUT2D eigenvalue weighted by molar-refractivity contribution is 0.477. The molecule has 0 N–H and O–H groups in total. The highest BCUT2D eigenvalue weighted by atomic mass is 16.5. The number of ether oxygens (including phenoxy) is 2. The third-order valence-corrected chi connectivity index (χ3v) is 9.93. The van der Waals surface area contributed by atoms with Crippen molar-refractivity contribution in [2.45, 2.75) is 0 Å². The second-order valence-corrected chi connectivity index (χ2v) is 13.1. The summed E-state index contributed by atoms with van der Waals surface area (Å²) in [5.74, 6) is 3.27. The second-order valence-electron chi connectivity index (χ2n) is 13.1. The number of nitrogens with zero attached hydrogens (tertiary/aromatic N) is 4. The summed E-state index contributed by atoms with van der Waals surface area (Å²) in [5.41, 5.74) is 11.1. The summed E-state index contributed by atoms with van der Waals surface area (Å²) >= 11 is 0. The molecule has 0 fully saturated rings. The quantitative estimate of drug-likeness (QED) is 0.183. The van der Waals surface area contributed by atoms with Gasteiger partial charge in [0.25, 0.3) is 0 Å². The number of furan rings is 1. The monoisotopic (exact) mass is 684 g/mol. The van der Waals surface area contributed by atoms with Gasteiger partial charge in [0, 0.05) is 34.9 Å². The first-order chi connectivity index (χ1) is 26.2. The fraction of sp³-hybridized carbons (Fsp3) is 0. The normalized spacial score (nSPS) is 12.8. The van der Waals surface area contributed by atoms with Gasteiger partial charge in [-0.1, -0.05) is 72.8 Å². The molecule has 0 amide bonds. The summed E-state index contributed by atoms with van der Waals surface area (Å²) in [7, 11) is 0. The molecule has 2 aliphatic heterocycles. The van der Waals surface area contributed by atoms with Crippen LogP contribution in [0.1, 0.15) is 0 Å². The SMILES string of the molecule is c1cc(-c2cnc3oc4ncc(-c5cccc(N6c7ccccc7Oc7ccccc76)c5)cc4c3c2)cc(N2c3ccccc3Oc3ccccc32)c1. The molecule has 2 aliphatic rings. The molecule has 250 valence electrons. The van der Waals surface area contributed by atoms with E-state index in [9.17, 15) is 0 Å². The molecule has 5 heterocycles. The molecule has 6 aromatic carbocycles. The minimum absolute atomic E-state index is 0.552. The highest BCUT2D eigenvalue weighted by molar-refractivity contribution is 6.05.